The molecule has 5 nitrogen and oxygen atoms in total. The van der Waals surface area contributed by atoms with E-state index in [1.165, 1.54) is 12.1 Å². The molecule has 0 spiro atoms. The van der Waals surface area contributed by atoms with Gasteiger partial charge in [-0.3, -0.25) is 0 Å². The number of nitrogens with zero attached hydrogens (tertiary/aromatic N) is 2. The predicted octanol–water partition coefficient (Wildman–Crippen LogP) is 3.69. The second kappa shape index (κ2) is 6.88. The molecule has 7 heteroatoms. The minimum Gasteiger partial charge on any atom is -0.390 e. The van der Waals surface area contributed by atoms with Crippen LogP contribution in [0.4, 0.5) is 13.6 Å². The molecule has 0 radical (unpaired) electrons. The van der Waals surface area contributed by atoms with Crippen molar-refractivity contribution in [1.82, 2.24) is 9.80 Å². The van der Waals surface area contributed by atoms with Crippen LogP contribution in [0.1, 0.15) is 50.5 Å². The highest BCUT2D eigenvalue weighted by Gasteiger charge is 2.61. The molecule has 4 aliphatic carbocycles. The molecule has 2 aliphatic heterocycles. The number of hydrogen-bond donors (Lipinski definition) is 1. The third kappa shape index (κ3) is 3.10. The molecule has 7 rings (SSSR count). The van der Waals surface area contributed by atoms with E-state index in [1.54, 1.807) is 0 Å². The van der Waals surface area contributed by atoms with Crippen LogP contribution in [0.15, 0.2) is 18.2 Å². The first kappa shape index (κ1) is 19.9. The normalized spacial score (nSPS) is 40.8. The second-order valence-electron chi connectivity index (χ2n) is 10.8. The van der Waals surface area contributed by atoms with Gasteiger partial charge in [0.15, 0.2) is 0 Å². The molecular formula is C24H30F2N2O3. The van der Waals surface area contributed by atoms with E-state index >= 15 is 0 Å². The molecule has 1 aromatic rings. The van der Waals surface area contributed by atoms with Crippen molar-refractivity contribution in [2.45, 2.75) is 68.7 Å². The van der Waals surface area contributed by atoms with E-state index in [2.05, 4.69) is 4.90 Å². The Morgan fingerprint density at radius 1 is 1.16 bits per heavy atom. The van der Waals surface area contributed by atoms with E-state index in [9.17, 15) is 18.7 Å². The number of amides is 2. The first-order valence-electron chi connectivity index (χ1n) is 11.7. The van der Waals surface area contributed by atoms with E-state index in [1.807, 2.05) is 4.90 Å². The summed E-state index contributed by atoms with van der Waals surface area (Å²) in [5.41, 5.74) is -0.539. The SMILES string of the molecule is O=C1N(C2C3CC4CC2CC(O)(C4)C3)CC2(COCc3ccc(F)cc3F)CCCN12. The summed E-state index contributed by atoms with van der Waals surface area (Å²) in [6.07, 6.45) is 6.66. The predicted molar refractivity (Wildman–Crippen MR) is 109 cm³/mol. The van der Waals surface area contributed by atoms with E-state index in [0.717, 1.165) is 57.6 Å². The summed E-state index contributed by atoms with van der Waals surface area (Å²) in [4.78, 5) is 17.5. The first-order valence-corrected chi connectivity index (χ1v) is 11.7. The van der Waals surface area contributed by atoms with Crippen molar-refractivity contribution in [2.24, 2.45) is 17.8 Å². The van der Waals surface area contributed by atoms with Crippen LogP contribution in [0.25, 0.3) is 0 Å². The largest absolute Gasteiger partial charge is 0.390 e. The quantitative estimate of drug-likeness (QED) is 0.772. The Morgan fingerprint density at radius 3 is 2.65 bits per heavy atom. The van der Waals surface area contributed by atoms with E-state index < -0.39 is 17.2 Å². The standard InChI is InChI=1S/C24H30F2N2O3/c25-19-3-2-16(20(26)8-19)12-31-14-23-4-1-5-28(23)22(29)27(13-23)21-17-6-15-7-18(21)11-24(30,9-15)10-17/h2-3,8,15,17-18,21,30H,1,4-7,9-14H2. The van der Waals surface area contributed by atoms with Crippen LogP contribution in [0.3, 0.4) is 0 Å². The van der Waals surface area contributed by atoms with Crippen LogP contribution < -0.4 is 0 Å². The topological polar surface area (TPSA) is 53.0 Å². The zero-order valence-electron chi connectivity index (χ0n) is 17.7. The smallest absolute Gasteiger partial charge is 0.320 e. The second-order valence-corrected chi connectivity index (χ2v) is 10.8. The number of hydrogen-bond acceptors (Lipinski definition) is 3. The number of ether oxygens (including phenoxy) is 1. The third-order valence-corrected chi connectivity index (χ3v) is 8.73. The lowest BCUT2D eigenvalue weighted by Crippen LogP contribution is -2.62. The molecule has 2 heterocycles. The van der Waals surface area contributed by atoms with Crippen molar-refractivity contribution in [3.8, 4) is 0 Å². The first-order chi connectivity index (χ1) is 14.9. The minimum atomic E-state index is -0.601. The Morgan fingerprint density at radius 2 is 1.94 bits per heavy atom. The number of carbonyl (C=O) groups is 1. The van der Waals surface area contributed by atoms with Gasteiger partial charge in [-0.2, -0.15) is 0 Å². The summed E-state index contributed by atoms with van der Waals surface area (Å²) in [5.74, 6) is 0.202. The average Bonchev–Trinajstić information content (AvgIpc) is 3.20. The third-order valence-electron chi connectivity index (χ3n) is 8.73. The lowest BCUT2D eigenvalue weighted by atomic mass is 9.52. The van der Waals surface area contributed by atoms with Crippen LogP contribution in [0.5, 0.6) is 0 Å². The lowest BCUT2D eigenvalue weighted by Gasteiger charge is -2.59. The van der Waals surface area contributed by atoms with E-state index in [0.29, 0.717) is 36.5 Å². The summed E-state index contributed by atoms with van der Waals surface area (Å²) in [5, 5.41) is 10.9. The minimum absolute atomic E-state index is 0.0687. The van der Waals surface area contributed by atoms with E-state index in [4.69, 9.17) is 4.74 Å². The Balaban J connectivity index is 1.18. The van der Waals surface area contributed by atoms with Gasteiger partial charge in [0.05, 0.1) is 24.4 Å². The fourth-order valence-corrected chi connectivity index (χ4v) is 7.82. The maximum absolute atomic E-state index is 14.0. The molecule has 2 amide bonds. The molecule has 1 N–H and O–H groups in total. The van der Waals surface area contributed by atoms with Gasteiger partial charge in [0.2, 0.25) is 0 Å². The zero-order valence-corrected chi connectivity index (χ0v) is 17.7. The molecule has 168 valence electrons. The fourth-order valence-electron chi connectivity index (χ4n) is 7.82. The molecule has 6 aliphatic rings. The number of urea groups is 1. The molecular weight excluding hydrogens is 402 g/mol. The van der Waals surface area contributed by atoms with Gasteiger partial charge in [-0.25, -0.2) is 13.6 Å². The van der Waals surface area contributed by atoms with Gasteiger partial charge >= 0.3 is 6.03 Å². The molecule has 4 saturated carbocycles. The number of fused-ring (bicyclic) bond motifs is 1. The van der Waals surface area contributed by atoms with Crippen molar-refractivity contribution >= 4 is 6.03 Å². The number of halogens is 2. The van der Waals surface area contributed by atoms with Gasteiger partial charge in [0, 0.05) is 30.8 Å². The van der Waals surface area contributed by atoms with Crippen molar-refractivity contribution in [3.05, 3.63) is 35.4 Å². The maximum Gasteiger partial charge on any atom is 0.320 e. The Hall–Kier alpha value is -1.73. The molecule has 3 unspecified atom stereocenters. The molecule has 6 fully saturated rings. The highest BCUT2D eigenvalue weighted by molar-refractivity contribution is 5.79. The molecule has 4 bridgehead atoms. The van der Waals surface area contributed by atoms with Gasteiger partial charge < -0.3 is 19.6 Å². The summed E-state index contributed by atoms with van der Waals surface area (Å²) >= 11 is 0. The molecule has 31 heavy (non-hydrogen) atoms. The van der Waals surface area contributed by atoms with Crippen LogP contribution in [0, 0.1) is 29.4 Å². The Kier molecular flexibility index (Phi) is 4.42. The highest BCUT2D eigenvalue weighted by Crippen LogP contribution is 2.58. The Bertz CT molecular complexity index is 895. The monoisotopic (exact) mass is 432 g/mol. The van der Waals surface area contributed by atoms with Gasteiger partial charge in [-0.05, 0) is 68.8 Å². The maximum atomic E-state index is 14.0. The van der Waals surface area contributed by atoms with Crippen LogP contribution >= 0.6 is 0 Å². The van der Waals surface area contributed by atoms with Crippen LogP contribution in [0.2, 0.25) is 0 Å². The van der Waals surface area contributed by atoms with Crippen molar-refractivity contribution < 1.29 is 23.4 Å². The number of benzene rings is 1. The summed E-state index contributed by atoms with van der Waals surface area (Å²) in [6.45, 7) is 1.82. The molecule has 0 aromatic heterocycles. The van der Waals surface area contributed by atoms with Crippen LogP contribution in [-0.2, 0) is 11.3 Å². The average molecular weight is 433 g/mol. The van der Waals surface area contributed by atoms with Crippen molar-refractivity contribution in [3.63, 3.8) is 0 Å². The summed E-state index contributed by atoms with van der Waals surface area (Å²) < 4.78 is 33.0. The zero-order chi connectivity index (χ0) is 21.4. The van der Waals surface area contributed by atoms with Crippen molar-refractivity contribution in [2.75, 3.05) is 19.7 Å². The van der Waals surface area contributed by atoms with Crippen molar-refractivity contribution in [1.29, 1.82) is 0 Å². The van der Waals surface area contributed by atoms with Gasteiger partial charge in [-0.1, -0.05) is 6.07 Å². The number of carbonyl (C=O) groups excluding carboxylic acids is 1. The number of aliphatic hydroxyl groups is 1. The fraction of sp³-hybridized carbons (Fsp3) is 0.708. The highest BCUT2D eigenvalue weighted by atomic mass is 19.1. The number of rotatable bonds is 5. The Labute approximate surface area is 181 Å². The van der Waals surface area contributed by atoms with Gasteiger partial charge in [-0.15, -0.1) is 0 Å². The molecule has 1 aromatic carbocycles. The van der Waals surface area contributed by atoms with Crippen LogP contribution in [-0.4, -0.2) is 57.8 Å². The summed E-state index contributed by atoms with van der Waals surface area (Å²) in [7, 11) is 0. The molecule has 3 atom stereocenters. The lowest BCUT2D eigenvalue weighted by molar-refractivity contribution is -0.153. The van der Waals surface area contributed by atoms with Gasteiger partial charge in [0.25, 0.3) is 0 Å². The van der Waals surface area contributed by atoms with Gasteiger partial charge in [0.1, 0.15) is 11.6 Å². The molecule has 2 saturated heterocycles. The van der Waals surface area contributed by atoms with E-state index in [-0.39, 0.29) is 24.2 Å². The summed E-state index contributed by atoms with van der Waals surface area (Å²) in [6, 6.07) is 3.86.